The molecule has 0 aromatic heterocycles. The van der Waals surface area contributed by atoms with E-state index in [2.05, 4.69) is 0 Å². The van der Waals surface area contributed by atoms with Crippen LogP contribution in [0.25, 0.3) is 0 Å². The van der Waals surface area contributed by atoms with Crippen molar-refractivity contribution in [2.24, 2.45) is 0 Å². The molecule has 0 aromatic rings. The number of nitrogens with zero attached hydrogens (tertiary/aromatic N) is 2. The summed E-state index contributed by atoms with van der Waals surface area (Å²) in [5.74, 6) is 0. The maximum absolute atomic E-state index is 12.1. The van der Waals surface area contributed by atoms with Crippen LogP contribution in [-0.2, 0) is 10.0 Å². The fraction of sp³-hybridized carbons (Fsp3) is 0.909. The summed E-state index contributed by atoms with van der Waals surface area (Å²) in [6.07, 6.45) is 5.59. The molecule has 0 radical (unpaired) electrons. The second-order valence-corrected chi connectivity index (χ2v) is 6.55. The highest BCUT2D eigenvalue weighted by molar-refractivity contribution is 7.90. The monoisotopic (exact) mass is 244 g/mol. The van der Waals surface area contributed by atoms with Crippen LogP contribution in [0, 0.1) is 11.3 Å². The average molecular weight is 244 g/mol. The first-order chi connectivity index (χ1) is 7.54. The highest BCUT2D eigenvalue weighted by Crippen LogP contribution is 2.25. The smallest absolute Gasteiger partial charge is 0.211 e. The Morgan fingerprint density at radius 1 is 1.38 bits per heavy atom. The van der Waals surface area contributed by atoms with Gasteiger partial charge >= 0.3 is 0 Å². The maximum Gasteiger partial charge on any atom is 0.230 e. The van der Waals surface area contributed by atoms with Crippen molar-refractivity contribution in [1.82, 2.24) is 4.31 Å². The molecule has 0 amide bonds. The third-order valence-electron chi connectivity index (χ3n) is 3.36. The van der Waals surface area contributed by atoms with Crippen molar-refractivity contribution >= 4 is 10.0 Å². The van der Waals surface area contributed by atoms with E-state index in [0.29, 0.717) is 6.42 Å². The Morgan fingerprint density at radius 3 is 2.38 bits per heavy atom. The summed E-state index contributed by atoms with van der Waals surface area (Å²) < 4.78 is 25.6. The predicted octanol–water partition coefficient (Wildman–Crippen LogP) is 1.88. The molecule has 0 N–H and O–H groups in total. The highest BCUT2D eigenvalue weighted by atomic mass is 32.2. The van der Waals surface area contributed by atoms with Crippen LogP contribution in [0.2, 0.25) is 0 Å². The molecule has 0 spiro atoms. The summed E-state index contributed by atoms with van der Waals surface area (Å²) in [5.41, 5.74) is 0. The molecule has 1 aliphatic carbocycles. The Labute approximate surface area is 98.3 Å². The van der Waals surface area contributed by atoms with E-state index >= 15 is 0 Å². The van der Waals surface area contributed by atoms with Gasteiger partial charge < -0.3 is 0 Å². The van der Waals surface area contributed by atoms with Crippen LogP contribution in [0.1, 0.15) is 45.4 Å². The number of hydrogen-bond donors (Lipinski definition) is 0. The van der Waals surface area contributed by atoms with Gasteiger partial charge in [-0.2, -0.15) is 5.26 Å². The zero-order chi connectivity index (χ0) is 12.2. The largest absolute Gasteiger partial charge is 0.230 e. The number of sulfonamides is 1. The van der Waals surface area contributed by atoms with Crippen molar-refractivity contribution in [2.75, 3.05) is 7.05 Å². The molecule has 5 heteroatoms. The third kappa shape index (κ3) is 2.74. The Hall–Kier alpha value is -0.600. The molecule has 0 aromatic carbocycles. The van der Waals surface area contributed by atoms with Crippen LogP contribution in [0.5, 0.6) is 0 Å². The molecule has 1 aliphatic rings. The van der Waals surface area contributed by atoms with Crippen molar-refractivity contribution in [3.8, 4) is 6.07 Å². The van der Waals surface area contributed by atoms with Gasteiger partial charge in [0, 0.05) is 13.1 Å². The van der Waals surface area contributed by atoms with Crippen molar-refractivity contribution in [3.63, 3.8) is 0 Å². The van der Waals surface area contributed by atoms with E-state index in [0.717, 1.165) is 25.7 Å². The molecule has 1 rings (SSSR count). The Balaban J connectivity index is 2.78. The summed E-state index contributed by atoms with van der Waals surface area (Å²) >= 11 is 0. The zero-order valence-electron chi connectivity index (χ0n) is 10.0. The van der Waals surface area contributed by atoms with Gasteiger partial charge in [0.1, 0.15) is 0 Å². The Bertz CT molecular complexity index is 353. The van der Waals surface area contributed by atoms with Gasteiger partial charge in [0.05, 0.1) is 6.07 Å². The second kappa shape index (κ2) is 5.65. The maximum atomic E-state index is 12.1. The number of hydrogen-bond acceptors (Lipinski definition) is 3. The molecule has 16 heavy (non-hydrogen) atoms. The average Bonchev–Trinajstić information content (AvgIpc) is 2.30. The molecule has 0 aliphatic heterocycles. The van der Waals surface area contributed by atoms with Crippen LogP contribution in [0.4, 0.5) is 0 Å². The molecule has 92 valence electrons. The summed E-state index contributed by atoms with van der Waals surface area (Å²) in [7, 11) is -1.81. The van der Waals surface area contributed by atoms with Gasteiger partial charge in [-0.3, -0.25) is 0 Å². The molecule has 0 bridgehead atoms. The lowest BCUT2D eigenvalue weighted by molar-refractivity contribution is 0.284. The van der Waals surface area contributed by atoms with Crippen molar-refractivity contribution in [3.05, 3.63) is 0 Å². The van der Waals surface area contributed by atoms with Gasteiger partial charge in [0.2, 0.25) is 10.0 Å². The lowest BCUT2D eigenvalue weighted by Crippen LogP contribution is -2.42. The van der Waals surface area contributed by atoms with Crippen LogP contribution >= 0.6 is 0 Å². The standard InChI is InChI=1S/C11H20N2O2S/c1-3-11(9-12)16(14,15)13(2)10-7-5-4-6-8-10/h10-11H,3-8H2,1-2H3. The highest BCUT2D eigenvalue weighted by Gasteiger charge is 2.33. The minimum absolute atomic E-state index is 0.0983. The third-order valence-corrected chi connectivity index (χ3v) is 5.62. The van der Waals surface area contributed by atoms with E-state index in [4.69, 9.17) is 5.26 Å². The topological polar surface area (TPSA) is 61.2 Å². The molecule has 4 nitrogen and oxygen atoms in total. The summed E-state index contributed by atoms with van der Waals surface area (Å²) in [5, 5.41) is 7.96. The molecule has 1 fully saturated rings. The SMILES string of the molecule is CCC(C#N)S(=O)(=O)N(C)C1CCCCC1. The first-order valence-corrected chi connectivity index (χ1v) is 7.40. The second-order valence-electron chi connectivity index (χ2n) is 4.38. The van der Waals surface area contributed by atoms with Gasteiger partial charge in [0.25, 0.3) is 0 Å². The summed E-state index contributed by atoms with van der Waals surface area (Å²) in [6.45, 7) is 1.74. The van der Waals surface area contributed by atoms with Crippen molar-refractivity contribution < 1.29 is 8.42 Å². The van der Waals surface area contributed by atoms with E-state index in [1.807, 2.05) is 6.07 Å². The quantitative estimate of drug-likeness (QED) is 0.758. The summed E-state index contributed by atoms with van der Waals surface area (Å²) in [4.78, 5) is 0. The van der Waals surface area contributed by atoms with E-state index < -0.39 is 15.3 Å². The van der Waals surface area contributed by atoms with Crippen LogP contribution in [0.3, 0.4) is 0 Å². The molecular weight excluding hydrogens is 224 g/mol. The summed E-state index contributed by atoms with van der Waals surface area (Å²) in [6, 6.07) is 1.98. The van der Waals surface area contributed by atoms with E-state index in [1.165, 1.54) is 10.7 Å². The van der Waals surface area contributed by atoms with Gasteiger partial charge in [-0.05, 0) is 19.3 Å². The van der Waals surface area contributed by atoms with E-state index in [1.54, 1.807) is 14.0 Å². The molecule has 1 atom stereocenters. The van der Waals surface area contributed by atoms with Crippen LogP contribution in [-0.4, -0.2) is 31.1 Å². The number of nitriles is 1. The van der Waals surface area contributed by atoms with Gasteiger partial charge in [-0.25, -0.2) is 12.7 Å². The normalized spacial score (nSPS) is 20.6. The van der Waals surface area contributed by atoms with Crippen molar-refractivity contribution in [2.45, 2.75) is 56.7 Å². The first kappa shape index (κ1) is 13.5. The lowest BCUT2D eigenvalue weighted by Gasteiger charge is -2.31. The Morgan fingerprint density at radius 2 is 1.94 bits per heavy atom. The van der Waals surface area contributed by atoms with E-state index in [-0.39, 0.29) is 6.04 Å². The van der Waals surface area contributed by atoms with Gasteiger partial charge in [0.15, 0.2) is 5.25 Å². The van der Waals surface area contributed by atoms with Gasteiger partial charge in [-0.1, -0.05) is 26.2 Å². The van der Waals surface area contributed by atoms with E-state index in [9.17, 15) is 8.42 Å². The Kier molecular flexibility index (Phi) is 4.75. The molecule has 1 unspecified atom stereocenters. The zero-order valence-corrected chi connectivity index (χ0v) is 10.8. The van der Waals surface area contributed by atoms with Crippen LogP contribution < -0.4 is 0 Å². The minimum atomic E-state index is -3.43. The predicted molar refractivity (Wildman–Crippen MR) is 63.2 cm³/mol. The first-order valence-electron chi connectivity index (χ1n) is 5.90. The van der Waals surface area contributed by atoms with Crippen LogP contribution in [0.15, 0.2) is 0 Å². The molecule has 0 heterocycles. The lowest BCUT2D eigenvalue weighted by atomic mass is 9.96. The fourth-order valence-electron chi connectivity index (χ4n) is 2.22. The minimum Gasteiger partial charge on any atom is -0.211 e. The van der Waals surface area contributed by atoms with Gasteiger partial charge in [-0.15, -0.1) is 0 Å². The van der Waals surface area contributed by atoms with Crippen molar-refractivity contribution in [1.29, 1.82) is 5.26 Å². The number of rotatable bonds is 4. The molecule has 0 saturated heterocycles. The molecule has 1 saturated carbocycles. The molecular formula is C11H20N2O2S. The fourth-order valence-corrected chi connectivity index (χ4v) is 3.80.